The molecule has 0 atom stereocenters. The van der Waals surface area contributed by atoms with Gasteiger partial charge in [0.15, 0.2) is 0 Å². The molecule has 3 rings (SSSR count). The topological polar surface area (TPSA) is 124 Å². The van der Waals surface area contributed by atoms with E-state index in [1.165, 1.54) is 12.3 Å². The first-order chi connectivity index (χ1) is 15.7. The van der Waals surface area contributed by atoms with E-state index in [0.717, 1.165) is 24.9 Å². The summed E-state index contributed by atoms with van der Waals surface area (Å²) in [6, 6.07) is 8.81. The first-order valence-corrected chi connectivity index (χ1v) is 11.3. The standard InChI is InChI=1S/C24H29ClN4O4/c1-14(2)13-33-23-20(25)9-19(12-28-23)22(30)29-21(26)17-5-3-15(4-6-17)10-27-11-16-7-18(8-16)24(31)32/h3-6,9,12,14,16,18,27H,7-8,10-11,13H2,1-2H3,(H,31,32)(H2,26,29,30). The minimum Gasteiger partial charge on any atom is -0.481 e. The number of amidine groups is 1. The summed E-state index contributed by atoms with van der Waals surface area (Å²) in [6.45, 7) is 5.94. The van der Waals surface area contributed by atoms with Crippen molar-refractivity contribution in [2.24, 2.45) is 17.8 Å². The number of carboxylic acids is 1. The zero-order valence-electron chi connectivity index (χ0n) is 18.7. The molecule has 2 aromatic rings. The molecule has 1 aromatic heterocycles. The van der Waals surface area contributed by atoms with Gasteiger partial charge in [0.1, 0.15) is 10.9 Å². The molecule has 8 nitrogen and oxygen atoms in total. The highest BCUT2D eigenvalue weighted by molar-refractivity contribution is 6.32. The molecule has 1 fully saturated rings. The van der Waals surface area contributed by atoms with E-state index in [9.17, 15) is 9.59 Å². The van der Waals surface area contributed by atoms with Crippen molar-refractivity contribution < 1.29 is 19.4 Å². The van der Waals surface area contributed by atoms with Gasteiger partial charge in [0.2, 0.25) is 5.88 Å². The monoisotopic (exact) mass is 472 g/mol. The number of hydrogen-bond acceptors (Lipinski definition) is 6. The van der Waals surface area contributed by atoms with Crippen molar-refractivity contribution in [3.63, 3.8) is 0 Å². The van der Waals surface area contributed by atoms with Gasteiger partial charge in [0, 0.05) is 18.3 Å². The van der Waals surface area contributed by atoms with Crippen LogP contribution < -0.4 is 15.4 Å². The first kappa shape index (κ1) is 24.7. The van der Waals surface area contributed by atoms with Gasteiger partial charge in [-0.15, -0.1) is 0 Å². The number of aromatic nitrogens is 1. The quantitative estimate of drug-likeness (QED) is 0.308. The Morgan fingerprint density at radius 2 is 1.94 bits per heavy atom. The third-order valence-corrected chi connectivity index (χ3v) is 5.72. The molecular formula is C24H29ClN4O4. The number of pyridine rings is 1. The van der Waals surface area contributed by atoms with Crippen LogP contribution in [0.3, 0.4) is 0 Å². The fraction of sp³-hybridized carbons (Fsp3) is 0.417. The maximum absolute atomic E-state index is 12.5. The normalized spacial score (nSPS) is 17.3. The Labute approximate surface area is 198 Å². The Kier molecular flexibility index (Phi) is 8.41. The van der Waals surface area contributed by atoms with Gasteiger partial charge < -0.3 is 20.5 Å². The summed E-state index contributed by atoms with van der Waals surface area (Å²) in [5, 5.41) is 23.3. The van der Waals surface area contributed by atoms with Crippen LogP contribution in [0, 0.1) is 23.2 Å². The molecule has 1 aliphatic rings. The number of nitrogens with zero attached hydrogens (tertiary/aromatic N) is 1. The number of carbonyl (C=O) groups excluding carboxylic acids is 1. The summed E-state index contributed by atoms with van der Waals surface area (Å²) in [7, 11) is 0. The predicted molar refractivity (Wildman–Crippen MR) is 126 cm³/mol. The van der Waals surface area contributed by atoms with E-state index in [-0.39, 0.29) is 28.2 Å². The second-order valence-corrected chi connectivity index (χ2v) is 9.15. The van der Waals surface area contributed by atoms with Crippen LogP contribution in [-0.4, -0.2) is 41.0 Å². The summed E-state index contributed by atoms with van der Waals surface area (Å²) in [5.41, 5.74) is 1.86. The minimum absolute atomic E-state index is 0.0232. The van der Waals surface area contributed by atoms with Crippen molar-refractivity contribution in [3.05, 3.63) is 58.2 Å². The Morgan fingerprint density at radius 1 is 1.24 bits per heavy atom. The van der Waals surface area contributed by atoms with Crippen LogP contribution >= 0.6 is 11.6 Å². The third-order valence-electron chi connectivity index (χ3n) is 5.45. The lowest BCUT2D eigenvalue weighted by Crippen LogP contribution is -2.36. The number of benzene rings is 1. The molecular weight excluding hydrogens is 444 g/mol. The summed E-state index contributed by atoms with van der Waals surface area (Å²) in [4.78, 5) is 27.4. The second kappa shape index (κ2) is 11.2. The Balaban J connectivity index is 1.46. The number of halogens is 1. The van der Waals surface area contributed by atoms with Crippen molar-refractivity contribution >= 4 is 29.3 Å². The van der Waals surface area contributed by atoms with Crippen molar-refractivity contribution in [3.8, 4) is 5.88 Å². The van der Waals surface area contributed by atoms with E-state index in [1.54, 1.807) is 12.1 Å². The zero-order chi connectivity index (χ0) is 24.0. The highest BCUT2D eigenvalue weighted by Gasteiger charge is 2.33. The average Bonchev–Trinajstić information content (AvgIpc) is 2.74. The summed E-state index contributed by atoms with van der Waals surface area (Å²) < 4.78 is 5.51. The molecule has 0 spiro atoms. The molecule has 9 heteroatoms. The van der Waals surface area contributed by atoms with Crippen LogP contribution in [0.25, 0.3) is 0 Å². The lowest BCUT2D eigenvalue weighted by molar-refractivity contribution is -0.146. The maximum Gasteiger partial charge on any atom is 0.306 e. The fourth-order valence-corrected chi connectivity index (χ4v) is 3.69. The lowest BCUT2D eigenvalue weighted by atomic mass is 9.75. The zero-order valence-corrected chi connectivity index (χ0v) is 19.5. The molecule has 33 heavy (non-hydrogen) atoms. The molecule has 0 saturated heterocycles. The van der Waals surface area contributed by atoms with Crippen molar-refractivity contribution in [1.82, 2.24) is 15.6 Å². The van der Waals surface area contributed by atoms with E-state index in [1.807, 2.05) is 26.0 Å². The molecule has 1 amide bonds. The number of rotatable bonds is 10. The summed E-state index contributed by atoms with van der Waals surface area (Å²) in [5.74, 6) is -0.389. The van der Waals surface area contributed by atoms with Gasteiger partial charge in [-0.2, -0.15) is 0 Å². The number of aliphatic carboxylic acids is 1. The summed E-state index contributed by atoms with van der Waals surface area (Å²) >= 11 is 6.17. The number of amides is 1. The van der Waals surface area contributed by atoms with Crippen LogP contribution in [-0.2, 0) is 11.3 Å². The van der Waals surface area contributed by atoms with E-state index in [4.69, 9.17) is 26.9 Å². The van der Waals surface area contributed by atoms with Crippen LogP contribution in [0.1, 0.15) is 48.2 Å². The predicted octanol–water partition coefficient (Wildman–Crippen LogP) is 3.73. The van der Waals surface area contributed by atoms with E-state index in [0.29, 0.717) is 30.6 Å². The van der Waals surface area contributed by atoms with E-state index < -0.39 is 11.9 Å². The van der Waals surface area contributed by atoms with Crippen molar-refractivity contribution in [2.45, 2.75) is 33.2 Å². The van der Waals surface area contributed by atoms with Crippen molar-refractivity contribution in [2.75, 3.05) is 13.2 Å². The first-order valence-electron chi connectivity index (χ1n) is 10.9. The molecule has 0 unspecified atom stereocenters. The van der Waals surface area contributed by atoms with Gasteiger partial charge in [0.05, 0.1) is 18.1 Å². The van der Waals surface area contributed by atoms with Gasteiger partial charge >= 0.3 is 5.97 Å². The Bertz CT molecular complexity index is 1000. The van der Waals surface area contributed by atoms with Crippen LogP contribution in [0.15, 0.2) is 36.5 Å². The Morgan fingerprint density at radius 3 is 2.55 bits per heavy atom. The van der Waals surface area contributed by atoms with Crippen LogP contribution in [0.4, 0.5) is 0 Å². The minimum atomic E-state index is -0.705. The Hall–Kier alpha value is -2.97. The molecule has 0 aliphatic heterocycles. The second-order valence-electron chi connectivity index (χ2n) is 8.75. The molecule has 1 heterocycles. The highest BCUT2D eigenvalue weighted by Crippen LogP contribution is 2.33. The molecule has 4 N–H and O–H groups in total. The molecule has 1 aliphatic carbocycles. The number of carbonyl (C=O) groups is 2. The number of hydrogen-bond donors (Lipinski definition) is 4. The molecule has 0 radical (unpaired) electrons. The van der Waals surface area contributed by atoms with Gasteiger partial charge in [-0.1, -0.05) is 49.7 Å². The van der Waals surface area contributed by atoms with Gasteiger partial charge in [-0.25, -0.2) is 4.98 Å². The van der Waals surface area contributed by atoms with Gasteiger partial charge in [-0.05, 0) is 42.9 Å². The largest absolute Gasteiger partial charge is 0.481 e. The molecule has 1 aromatic carbocycles. The average molecular weight is 473 g/mol. The van der Waals surface area contributed by atoms with E-state index >= 15 is 0 Å². The fourth-order valence-electron chi connectivity index (χ4n) is 3.47. The molecule has 176 valence electrons. The van der Waals surface area contributed by atoms with Gasteiger partial charge in [0.25, 0.3) is 5.91 Å². The SMILES string of the molecule is CC(C)COc1ncc(C(=O)NC(=N)c2ccc(CNCC3CC(C(=O)O)C3)cc2)cc1Cl. The smallest absolute Gasteiger partial charge is 0.306 e. The highest BCUT2D eigenvalue weighted by atomic mass is 35.5. The number of ether oxygens (including phenoxy) is 1. The van der Waals surface area contributed by atoms with Crippen LogP contribution in [0.5, 0.6) is 5.88 Å². The maximum atomic E-state index is 12.5. The molecule has 0 bridgehead atoms. The summed E-state index contributed by atoms with van der Waals surface area (Å²) in [6.07, 6.45) is 2.83. The van der Waals surface area contributed by atoms with Crippen LogP contribution in [0.2, 0.25) is 5.02 Å². The van der Waals surface area contributed by atoms with E-state index in [2.05, 4.69) is 15.6 Å². The van der Waals surface area contributed by atoms with Gasteiger partial charge in [-0.3, -0.25) is 15.0 Å². The third kappa shape index (κ3) is 7.00. The number of nitrogens with one attached hydrogen (secondary N) is 3. The number of carboxylic acid groups (broad SMARTS) is 1. The molecule has 1 saturated carbocycles. The van der Waals surface area contributed by atoms with Crippen molar-refractivity contribution in [1.29, 1.82) is 5.41 Å². The lowest BCUT2D eigenvalue weighted by Gasteiger charge is -2.32.